The highest BCUT2D eigenvalue weighted by molar-refractivity contribution is 7.99. The van der Waals surface area contributed by atoms with Gasteiger partial charge in [0.25, 0.3) is 0 Å². The summed E-state index contributed by atoms with van der Waals surface area (Å²) in [5.74, 6) is -0.218. The Kier molecular flexibility index (Phi) is 4.33. The second-order valence-corrected chi connectivity index (χ2v) is 5.03. The van der Waals surface area contributed by atoms with Crippen LogP contribution in [0, 0.1) is 5.82 Å². The van der Waals surface area contributed by atoms with E-state index in [1.807, 2.05) is 13.1 Å². The summed E-state index contributed by atoms with van der Waals surface area (Å²) in [6, 6.07) is 10.7. The molecule has 1 atom stereocenters. The van der Waals surface area contributed by atoms with Gasteiger partial charge in [-0.3, -0.25) is 0 Å². The smallest absolute Gasteiger partial charge is 0.123 e. The third-order valence-corrected chi connectivity index (χ3v) is 3.77. The second kappa shape index (κ2) is 5.98. The van der Waals surface area contributed by atoms with Crippen LogP contribution in [0.1, 0.15) is 18.5 Å². The molecule has 2 rings (SSSR count). The fourth-order valence-corrected chi connectivity index (χ4v) is 2.56. The summed E-state index contributed by atoms with van der Waals surface area (Å²) in [6.07, 6.45) is 1.78. The monoisotopic (exact) mass is 262 g/mol. The van der Waals surface area contributed by atoms with E-state index < -0.39 is 0 Å². The Hall–Kier alpha value is -1.39. The third-order valence-electron chi connectivity index (χ3n) is 2.73. The Morgan fingerprint density at radius 3 is 2.61 bits per heavy atom. The van der Waals surface area contributed by atoms with Crippen molar-refractivity contribution in [2.45, 2.75) is 22.9 Å². The Morgan fingerprint density at radius 2 is 1.94 bits per heavy atom. The van der Waals surface area contributed by atoms with Gasteiger partial charge in [-0.2, -0.15) is 0 Å². The maximum absolute atomic E-state index is 12.9. The highest BCUT2D eigenvalue weighted by Crippen LogP contribution is 2.31. The van der Waals surface area contributed by atoms with Gasteiger partial charge in [0.2, 0.25) is 0 Å². The van der Waals surface area contributed by atoms with Crippen molar-refractivity contribution in [1.82, 2.24) is 10.3 Å². The number of benzene rings is 1. The standard InChI is InChI=1S/C14H15FN2S/c1-10(16-2)13-4-3-9-17-14(13)18-12-7-5-11(15)6-8-12/h3-10,16H,1-2H3. The second-order valence-electron chi connectivity index (χ2n) is 3.96. The molecule has 18 heavy (non-hydrogen) atoms. The minimum absolute atomic E-state index is 0.218. The first kappa shape index (κ1) is 13.1. The number of pyridine rings is 1. The van der Waals surface area contributed by atoms with Crippen molar-refractivity contribution in [3.63, 3.8) is 0 Å². The Morgan fingerprint density at radius 1 is 1.22 bits per heavy atom. The highest BCUT2D eigenvalue weighted by atomic mass is 32.2. The number of halogens is 1. The molecule has 0 saturated carbocycles. The summed E-state index contributed by atoms with van der Waals surface area (Å²) in [7, 11) is 1.92. The molecule has 1 heterocycles. The van der Waals surface area contributed by atoms with Crippen LogP contribution in [0.5, 0.6) is 0 Å². The first-order valence-electron chi connectivity index (χ1n) is 5.76. The number of hydrogen-bond donors (Lipinski definition) is 1. The van der Waals surface area contributed by atoms with Crippen molar-refractivity contribution < 1.29 is 4.39 Å². The molecule has 0 bridgehead atoms. The molecule has 2 nitrogen and oxygen atoms in total. The lowest BCUT2D eigenvalue weighted by Crippen LogP contribution is -2.13. The molecular weight excluding hydrogens is 247 g/mol. The molecule has 2 aromatic rings. The molecule has 0 aliphatic carbocycles. The van der Waals surface area contributed by atoms with E-state index in [2.05, 4.69) is 23.3 Å². The van der Waals surface area contributed by atoms with E-state index in [4.69, 9.17) is 0 Å². The molecule has 0 radical (unpaired) electrons. The Bertz CT molecular complexity index is 513. The lowest BCUT2D eigenvalue weighted by atomic mass is 10.1. The van der Waals surface area contributed by atoms with Crippen LogP contribution >= 0.6 is 11.8 Å². The first-order chi connectivity index (χ1) is 8.70. The van der Waals surface area contributed by atoms with Gasteiger partial charge in [-0.25, -0.2) is 9.37 Å². The molecule has 1 aromatic carbocycles. The van der Waals surface area contributed by atoms with Crippen LogP contribution in [0.4, 0.5) is 4.39 Å². The van der Waals surface area contributed by atoms with Gasteiger partial charge in [-0.15, -0.1) is 0 Å². The van der Waals surface area contributed by atoms with Crippen LogP contribution in [0.3, 0.4) is 0 Å². The largest absolute Gasteiger partial charge is 0.313 e. The van der Waals surface area contributed by atoms with Crippen LogP contribution in [0.25, 0.3) is 0 Å². The van der Waals surface area contributed by atoms with E-state index in [1.54, 1.807) is 30.1 Å². The van der Waals surface area contributed by atoms with Gasteiger partial charge < -0.3 is 5.32 Å². The topological polar surface area (TPSA) is 24.9 Å². The van der Waals surface area contributed by atoms with Gasteiger partial charge in [0, 0.05) is 22.7 Å². The molecule has 0 spiro atoms. The van der Waals surface area contributed by atoms with Gasteiger partial charge in [0.1, 0.15) is 10.8 Å². The average Bonchev–Trinajstić information content (AvgIpc) is 2.41. The van der Waals surface area contributed by atoms with E-state index in [0.717, 1.165) is 15.5 Å². The predicted octanol–water partition coefficient (Wildman–Crippen LogP) is 3.65. The van der Waals surface area contributed by atoms with E-state index >= 15 is 0 Å². The van der Waals surface area contributed by atoms with Crippen LogP contribution in [0.2, 0.25) is 0 Å². The molecule has 4 heteroatoms. The maximum atomic E-state index is 12.9. The van der Waals surface area contributed by atoms with E-state index in [-0.39, 0.29) is 11.9 Å². The molecule has 0 fully saturated rings. The Balaban J connectivity index is 2.26. The fraction of sp³-hybridized carbons (Fsp3) is 0.214. The lowest BCUT2D eigenvalue weighted by molar-refractivity contribution is 0.626. The zero-order valence-corrected chi connectivity index (χ0v) is 11.2. The van der Waals surface area contributed by atoms with Crippen molar-refractivity contribution >= 4 is 11.8 Å². The molecule has 1 unspecified atom stereocenters. The van der Waals surface area contributed by atoms with Crippen LogP contribution in [-0.4, -0.2) is 12.0 Å². The number of rotatable bonds is 4. The highest BCUT2D eigenvalue weighted by Gasteiger charge is 2.10. The molecule has 0 aliphatic heterocycles. The van der Waals surface area contributed by atoms with E-state index in [1.165, 1.54) is 12.1 Å². The van der Waals surface area contributed by atoms with Gasteiger partial charge >= 0.3 is 0 Å². The molecule has 0 saturated heterocycles. The first-order valence-corrected chi connectivity index (χ1v) is 6.58. The summed E-state index contributed by atoms with van der Waals surface area (Å²) in [5.41, 5.74) is 1.15. The number of hydrogen-bond acceptors (Lipinski definition) is 3. The van der Waals surface area contributed by atoms with E-state index in [9.17, 15) is 4.39 Å². The van der Waals surface area contributed by atoms with Crippen molar-refractivity contribution in [3.8, 4) is 0 Å². The van der Waals surface area contributed by atoms with E-state index in [0.29, 0.717) is 0 Å². The van der Waals surface area contributed by atoms with Gasteiger partial charge in [-0.05, 0) is 44.3 Å². The summed E-state index contributed by atoms with van der Waals surface area (Å²) >= 11 is 1.55. The zero-order valence-electron chi connectivity index (χ0n) is 10.4. The summed E-state index contributed by atoms with van der Waals surface area (Å²) in [4.78, 5) is 5.38. The Labute approximate surface area is 111 Å². The minimum Gasteiger partial charge on any atom is -0.313 e. The predicted molar refractivity (Wildman–Crippen MR) is 72.2 cm³/mol. The molecule has 94 valence electrons. The number of nitrogens with zero attached hydrogens (tertiary/aromatic N) is 1. The zero-order chi connectivity index (χ0) is 13.0. The van der Waals surface area contributed by atoms with Gasteiger partial charge in [0.15, 0.2) is 0 Å². The van der Waals surface area contributed by atoms with Crippen LogP contribution < -0.4 is 5.32 Å². The molecular formula is C14H15FN2S. The average molecular weight is 262 g/mol. The molecule has 1 N–H and O–H groups in total. The maximum Gasteiger partial charge on any atom is 0.123 e. The fourth-order valence-electron chi connectivity index (χ4n) is 1.59. The number of aromatic nitrogens is 1. The molecule has 0 aliphatic rings. The number of nitrogens with one attached hydrogen (secondary N) is 1. The normalized spacial score (nSPS) is 12.4. The third kappa shape index (κ3) is 3.09. The SMILES string of the molecule is CNC(C)c1cccnc1Sc1ccc(F)cc1. The van der Waals surface area contributed by atoms with Crippen molar-refractivity contribution in [1.29, 1.82) is 0 Å². The van der Waals surface area contributed by atoms with Gasteiger partial charge in [0.05, 0.1) is 0 Å². The summed E-state index contributed by atoms with van der Waals surface area (Å²) < 4.78 is 12.9. The minimum atomic E-state index is -0.218. The summed E-state index contributed by atoms with van der Waals surface area (Å²) in [6.45, 7) is 2.09. The lowest BCUT2D eigenvalue weighted by Gasteiger charge is -2.14. The van der Waals surface area contributed by atoms with Crippen LogP contribution in [-0.2, 0) is 0 Å². The van der Waals surface area contributed by atoms with Crippen molar-refractivity contribution in [2.75, 3.05) is 7.05 Å². The van der Waals surface area contributed by atoms with Crippen molar-refractivity contribution in [2.24, 2.45) is 0 Å². The van der Waals surface area contributed by atoms with Crippen LogP contribution in [0.15, 0.2) is 52.5 Å². The quantitative estimate of drug-likeness (QED) is 0.910. The molecule has 1 aromatic heterocycles. The summed E-state index contributed by atoms with van der Waals surface area (Å²) in [5, 5.41) is 4.15. The molecule has 0 amide bonds. The van der Waals surface area contributed by atoms with Crippen molar-refractivity contribution in [3.05, 3.63) is 54.0 Å². The van der Waals surface area contributed by atoms with Gasteiger partial charge in [-0.1, -0.05) is 17.8 Å².